The zero-order valence-corrected chi connectivity index (χ0v) is 8.97. The van der Waals surface area contributed by atoms with Gasteiger partial charge in [-0.05, 0) is 19.1 Å². The Labute approximate surface area is 90.2 Å². The minimum absolute atomic E-state index is 0.132. The minimum atomic E-state index is -0.172. The predicted molar refractivity (Wildman–Crippen MR) is 62.6 cm³/mol. The molecular formula is C11H17N3O. The first-order valence-electron chi connectivity index (χ1n) is 4.43. The van der Waals surface area contributed by atoms with Crippen LogP contribution in [-0.2, 0) is 4.79 Å². The summed E-state index contributed by atoms with van der Waals surface area (Å²) in [7, 11) is 0. The first-order chi connectivity index (χ1) is 6.95. The molecule has 0 aromatic carbocycles. The van der Waals surface area contributed by atoms with Crippen molar-refractivity contribution in [3.63, 3.8) is 0 Å². The van der Waals surface area contributed by atoms with E-state index >= 15 is 0 Å². The Kier molecular flexibility index (Phi) is 5.63. The lowest BCUT2D eigenvalue weighted by atomic mass is 10.3. The zero-order chi connectivity index (χ0) is 11.8. The van der Waals surface area contributed by atoms with Crippen LogP contribution in [0.25, 0.3) is 0 Å². The SMILES string of the molecule is C=C/C(N)=C\C(=C)NCC(=O)NC(=C)C. The Morgan fingerprint density at radius 1 is 1.47 bits per heavy atom. The minimum Gasteiger partial charge on any atom is -0.399 e. The summed E-state index contributed by atoms with van der Waals surface area (Å²) in [5, 5.41) is 5.36. The molecule has 0 aromatic rings. The molecule has 4 heteroatoms. The molecule has 15 heavy (non-hydrogen) atoms. The Morgan fingerprint density at radius 2 is 2.07 bits per heavy atom. The number of allylic oxidation sites excluding steroid dienone is 3. The van der Waals surface area contributed by atoms with E-state index in [-0.39, 0.29) is 12.5 Å². The van der Waals surface area contributed by atoms with Crippen molar-refractivity contribution in [3.05, 3.63) is 49.0 Å². The van der Waals surface area contributed by atoms with E-state index in [0.717, 1.165) is 0 Å². The van der Waals surface area contributed by atoms with Crippen molar-refractivity contribution in [2.45, 2.75) is 6.92 Å². The highest BCUT2D eigenvalue weighted by Crippen LogP contribution is 1.92. The molecule has 0 unspecified atom stereocenters. The molecule has 0 atom stereocenters. The van der Waals surface area contributed by atoms with Gasteiger partial charge in [-0.1, -0.05) is 19.7 Å². The number of carbonyl (C=O) groups excluding carboxylic acids is 1. The molecule has 0 fully saturated rings. The van der Waals surface area contributed by atoms with Crippen molar-refractivity contribution in [3.8, 4) is 0 Å². The van der Waals surface area contributed by atoms with E-state index in [1.54, 1.807) is 13.0 Å². The van der Waals surface area contributed by atoms with Crippen LogP contribution in [0.5, 0.6) is 0 Å². The van der Waals surface area contributed by atoms with Crippen LogP contribution in [0.1, 0.15) is 6.92 Å². The average Bonchev–Trinajstić information content (AvgIpc) is 2.13. The summed E-state index contributed by atoms with van der Waals surface area (Å²) in [5.74, 6) is -0.172. The van der Waals surface area contributed by atoms with Gasteiger partial charge in [-0.25, -0.2) is 0 Å². The van der Waals surface area contributed by atoms with E-state index in [9.17, 15) is 4.79 Å². The quantitative estimate of drug-likeness (QED) is 0.563. The molecule has 0 bridgehead atoms. The van der Waals surface area contributed by atoms with Crippen molar-refractivity contribution in [1.82, 2.24) is 10.6 Å². The topological polar surface area (TPSA) is 67.1 Å². The van der Waals surface area contributed by atoms with Crippen LogP contribution in [-0.4, -0.2) is 12.5 Å². The van der Waals surface area contributed by atoms with Crippen LogP contribution in [0.4, 0.5) is 0 Å². The fourth-order valence-corrected chi connectivity index (χ4v) is 0.787. The molecule has 0 aliphatic heterocycles. The highest BCUT2D eigenvalue weighted by Gasteiger charge is 1.99. The van der Waals surface area contributed by atoms with Gasteiger partial charge in [0, 0.05) is 17.1 Å². The van der Waals surface area contributed by atoms with E-state index in [1.165, 1.54) is 6.08 Å². The van der Waals surface area contributed by atoms with Crippen LogP contribution in [0.2, 0.25) is 0 Å². The molecule has 0 radical (unpaired) electrons. The molecule has 0 heterocycles. The van der Waals surface area contributed by atoms with Gasteiger partial charge < -0.3 is 16.4 Å². The van der Waals surface area contributed by atoms with E-state index in [0.29, 0.717) is 17.1 Å². The number of amides is 1. The fraction of sp³-hybridized carbons (Fsp3) is 0.182. The molecule has 0 aromatic heterocycles. The maximum Gasteiger partial charge on any atom is 0.243 e. The van der Waals surface area contributed by atoms with E-state index < -0.39 is 0 Å². The molecule has 0 spiro atoms. The van der Waals surface area contributed by atoms with Crippen molar-refractivity contribution in [2.75, 3.05) is 6.54 Å². The van der Waals surface area contributed by atoms with E-state index in [4.69, 9.17) is 5.73 Å². The highest BCUT2D eigenvalue weighted by atomic mass is 16.1. The number of carbonyl (C=O) groups is 1. The Morgan fingerprint density at radius 3 is 2.53 bits per heavy atom. The van der Waals surface area contributed by atoms with Crippen molar-refractivity contribution >= 4 is 5.91 Å². The maximum absolute atomic E-state index is 11.2. The molecule has 4 nitrogen and oxygen atoms in total. The molecule has 1 amide bonds. The van der Waals surface area contributed by atoms with Crippen LogP contribution in [0.3, 0.4) is 0 Å². The molecule has 0 rings (SSSR count). The average molecular weight is 207 g/mol. The van der Waals surface area contributed by atoms with Gasteiger partial charge in [0.15, 0.2) is 0 Å². The van der Waals surface area contributed by atoms with Crippen molar-refractivity contribution in [1.29, 1.82) is 0 Å². The molecule has 82 valence electrons. The summed E-state index contributed by atoms with van der Waals surface area (Å²) < 4.78 is 0. The van der Waals surface area contributed by atoms with Crippen molar-refractivity contribution < 1.29 is 4.79 Å². The molecular weight excluding hydrogens is 190 g/mol. The number of hydrogen-bond donors (Lipinski definition) is 3. The smallest absolute Gasteiger partial charge is 0.243 e. The largest absolute Gasteiger partial charge is 0.399 e. The number of rotatable bonds is 6. The third-order valence-electron chi connectivity index (χ3n) is 1.41. The summed E-state index contributed by atoms with van der Waals surface area (Å²) in [5.41, 5.74) is 7.15. The fourth-order valence-electron chi connectivity index (χ4n) is 0.787. The normalized spacial score (nSPS) is 10.3. The molecule has 0 saturated carbocycles. The first-order valence-corrected chi connectivity index (χ1v) is 4.43. The molecule has 4 N–H and O–H groups in total. The molecule has 0 aliphatic carbocycles. The lowest BCUT2D eigenvalue weighted by Gasteiger charge is -2.07. The summed E-state index contributed by atoms with van der Waals surface area (Å²) in [4.78, 5) is 11.2. The maximum atomic E-state index is 11.2. The molecule has 0 saturated heterocycles. The standard InChI is InChI=1S/C11H17N3O/c1-5-10(12)6-9(4)13-7-11(15)14-8(2)3/h5-6,13H,1-2,4,7,12H2,3H3,(H,14,15)/b10-6+. The van der Waals surface area contributed by atoms with Gasteiger partial charge in [-0.15, -0.1) is 0 Å². The van der Waals surface area contributed by atoms with Gasteiger partial charge in [0.05, 0.1) is 6.54 Å². The Balaban J connectivity index is 3.96. The second-order valence-corrected chi connectivity index (χ2v) is 3.06. The molecule has 0 aliphatic rings. The van der Waals surface area contributed by atoms with Gasteiger partial charge in [-0.3, -0.25) is 4.79 Å². The lowest BCUT2D eigenvalue weighted by Crippen LogP contribution is -2.31. The number of nitrogens with two attached hydrogens (primary N) is 1. The third-order valence-corrected chi connectivity index (χ3v) is 1.41. The third kappa shape index (κ3) is 7.13. The van der Waals surface area contributed by atoms with Gasteiger partial charge in [0.25, 0.3) is 0 Å². The van der Waals surface area contributed by atoms with Crippen molar-refractivity contribution in [2.24, 2.45) is 5.73 Å². The monoisotopic (exact) mass is 207 g/mol. The van der Waals surface area contributed by atoms with Crippen LogP contribution in [0.15, 0.2) is 49.0 Å². The highest BCUT2D eigenvalue weighted by molar-refractivity contribution is 5.79. The number of nitrogens with one attached hydrogen (secondary N) is 2. The second-order valence-electron chi connectivity index (χ2n) is 3.06. The van der Waals surface area contributed by atoms with Crippen LogP contribution < -0.4 is 16.4 Å². The van der Waals surface area contributed by atoms with Gasteiger partial charge in [0.2, 0.25) is 5.91 Å². The first kappa shape index (κ1) is 13.0. The van der Waals surface area contributed by atoms with Gasteiger partial charge in [0.1, 0.15) is 0 Å². The zero-order valence-electron chi connectivity index (χ0n) is 8.97. The Hall–Kier alpha value is -1.97. The summed E-state index contributed by atoms with van der Waals surface area (Å²) in [6.45, 7) is 12.6. The summed E-state index contributed by atoms with van der Waals surface area (Å²) in [6.07, 6.45) is 3.10. The van der Waals surface area contributed by atoms with Gasteiger partial charge in [-0.2, -0.15) is 0 Å². The van der Waals surface area contributed by atoms with E-state index in [2.05, 4.69) is 30.4 Å². The van der Waals surface area contributed by atoms with Crippen LogP contribution >= 0.6 is 0 Å². The predicted octanol–water partition coefficient (Wildman–Crippen LogP) is 0.768. The van der Waals surface area contributed by atoms with Gasteiger partial charge >= 0.3 is 0 Å². The number of hydrogen-bond acceptors (Lipinski definition) is 3. The Bertz CT molecular complexity index is 316. The second kappa shape index (κ2) is 6.48. The lowest BCUT2D eigenvalue weighted by molar-refractivity contribution is -0.119. The summed E-state index contributed by atoms with van der Waals surface area (Å²) >= 11 is 0. The van der Waals surface area contributed by atoms with Crippen LogP contribution in [0, 0.1) is 0 Å². The van der Waals surface area contributed by atoms with E-state index in [1.807, 2.05) is 0 Å². The summed E-state index contributed by atoms with van der Waals surface area (Å²) in [6, 6.07) is 0.